The van der Waals surface area contributed by atoms with Crippen molar-refractivity contribution in [3.05, 3.63) is 29.8 Å². The van der Waals surface area contributed by atoms with E-state index in [4.69, 9.17) is 20.6 Å². The number of hydrogen-bond acceptors (Lipinski definition) is 4. The third-order valence-corrected chi connectivity index (χ3v) is 2.95. The van der Waals surface area contributed by atoms with E-state index in [0.29, 0.717) is 26.4 Å². The normalized spacial score (nSPS) is 10.5. The van der Waals surface area contributed by atoms with Crippen molar-refractivity contribution in [2.24, 2.45) is 5.73 Å². The van der Waals surface area contributed by atoms with Gasteiger partial charge in [0, 0.05) is 37.6 Å². The van der Waals surface area contributed by atoms with E-state index in [-0.39, 0.29) is 5.84 Å². The van der Waals surface area contributed by atoms with Gasteiger partial charge in [-0.05, 0) is 26.0 Å². The van der Waals surface area contributed by atoms with Crippen LogP contribution in [-0.2, 0) is 9.47 Å². The molecule has 0 atom stereocenters. The van der Waals surface area contributed by atoms with Crippen molar-refractivity contribution in [2.45, 2.75) is 13.8 Å². The van der Waals surface area contributed by atoms with Crippen LogP contribution in [0.2, 0.25) is 0 Å². The van der Waals surface area contributed by atoms with Crippen molar-refractivity contribution < 1.29 is 9.47 Å². The molecular formula is C15H25N3O2. The minimum Gasteiger partial charge on any atom is -0.384 e. The minimum atomic E-state index is 0.0819. The number of hydrogen-bond donors (Lipinski definition) is 2. The Kier molecular flexibility index (Phi) is 7.69. The molecule has 1 aromatic carbocycles. The Morgan fingerprint density at radius 3 is 2.15 bits per heavy atom. The Bertz CT molecular complexity index is 400. The van der Waals surface area contributed by atoms with Crippen LogP contribution in [0.25, 0.3) is 0 Å². The molecule has 0 aliphatic carbocycles. The number of benzene rings is 1. The molecule has 20 heavy (non-hydrogen) atoms. The van der Waals surface area contributed by atoms with Gasteiger partial charge in [0.1, 0.15) is 5.84 Å². The van der Waals surface area contributed by atoms with Crippen LogP contribution in [0, 0.1) is 5.41 Å². The molecule has 5 heteroatoms. The molecule has 0 aliphatic heterocycles. The second-order valence-corrected chi connectivity index (χ2v) is 4.31. The number of para-hydroxylation sites is 1. The maximum Gasteiger partial charge on any atom is 0.124 e. The molecule has 0 aromatic heterocycles. The monoisotopic (exact) mass is 279 g/mol. The molecule has 0 radical (unpaired) electrons. The van der Waals surface area contributed by atoms with Crippen LogP contribution in [-0.4, -0.2) is 45.4 Å². The third-order valence-electron chi connectivity index (χ3n) is 2.95. The molecule has 0 amide bonds. The van der Waals surface area contributed by atoms with Crippen LogP contribution >= 0.6 is 0 Å². The highest BCUT2D eigenvalue weighted by molar-refractivity contribution is 6.00. The van der Waals surface area contributed by atoms with Gasteiger partial charge in [-0.1, -0.05) is 12.1 Å². The first-order valence-corrected chi connectivity index (χ1v) is 7.04. The van der Waals surface area contributed by atoms with Gasteiger partial charge in [-0.3, -0.25) is 5.41 Å². The van der Waals surface area contributed by atoms with Crippen molar-refractivity contribution in [2.75, 3.05) is 44.4 Å². The highest BCUT2D eigenvalue weighted by atomic mass is 16.5. The van der Waals surface area contributed by atoms with E-state index >= 15 is 0 Å². The third kappa shape index (κ3) is 5.19. The largest absolute Gasteiger partial charge is 0.384 e. The number of nitrogens with two attached hydrogens (primary N) is 1. The maximum absolute atomic E-state index is 7.68. The molecular weight excluding hydrogens is 254 g/mol. The van der Waals surface area contributed by atoms with Crippen LogP contribution in [0.5, 0.6) is 0 Å². The molecule has 1 rings (SSSR count). The smallest absolute Gasteiger partial charge is 0.124 e. The Hall–Kier alpha value is -1.59. The van der Waals surface area contributed by atoms with Crippen LogP contribution in [0.1, 0.15) is 19.4 Å². The first-order chi connectivity index (χ1) is 9.70. The lowest BCUT2D eigenvalue weighted by molar-refractivity contribution is 0.141. The van der Waals surface area contributed by atoms with Gasteiger partial charge in [-0.15, -0.1) is 0 Å². The van der Waals surface area contributed by atoms with Crippen molar-refractivity contribution in [1.82, 2.24) is 0 Å². The van der Waals surface area contributed by atoms with Crippen LogP contribution in [0.3, 0.4) is 0 Å². The fraction of sp³-hybridized carbons (Fsp3) is 0.533. The van der Waals surface area contributed by atoms with Crippen LogP contribution in [0.4, 0.5) is 5.69 Å². The molecule has 0 spiro atoms. The second kappa shape index (κ2) is 9.34. The summed E-state index contributed by atoms with van der Waals surface area (Å²) < 4.78 is 10.8. The summed E-state index contributed by atoms with van der Waals surface area (Å²) in [5.41, 5.74) is 7.36. The number of nitrogen functional groups attached to an aromatic ring is 1. The van der Waals surface area contributed by atoms with E-state index in [1.807, 2.05) is 38.1 Å². The fourth-order valence-corrected chi connectivity index (χ4v) is 1.97. The van der Waals surface area contributed by atoms with Crippen LogP contribution in [0.15, 0.2) is 24.3 Å². The lowest BCUT2D eigenvalue weighted by atomic mass is 10.1. The molecule has 0 aliphatic rings. The average Bonchev–Trinajstić information content (AvgIpc) is 2.46. The molecule has 0 bridgehead atoms. The van der Waals surface area contributed by atoms with E-state index in [9.17, 15) is 0 Å². The Morgan fingerprint density at radius 1 is 1.10 bits per heavy atom. The Morgan fingerprint density at radius 2 is 1.65 bits per heavy atom. The fourth-order valence-electron chi connectivity index (χ4n) is 1.97. The molecule has 3 N–H and O–H groups in total. The summed E-state index contributed by atoms with van der Waals surface area (Å²) in [5.74, 6) is 0.0819. The Balaban J connectivity index is 2.81. The molecule has 0 heterocycles. The number of nitrogens with zero attached hydrogens (tertiary/aromatic N) is 1. The number of anilines is 1. The highest BCUT2D eigenvalue weighted by Crippen LogP contribution is 2.19. The summed E-state index contributed by atoms with van der Waals surface area (Å²) in [7, 11) is 0. The first kappa shape index (κ1) is 16.5. The molecule has 112 valence electrons. The molecule has 0 saturated heterocycles. The number of ether oxygens (including phenoxy) is 2. The van der Waals surface area contributed by atoms with Gasteiger partial charge in [0.25, 0.3) is 0 Å². The lowest BCUT2D eigenvalue weighted by Crippen LogP contribution is -2.33. The number of rotatable bonds is 10. The predicted octanol–water partition coefficient (Wildman–Crippen LogP) is 1.85. The maximum atomic E-state index is 7.68. The van der Waals surface area contributed by atoms with Gasteiger partial charge in [0.2, 0.25) is 0 Å². The van der Waals surface area contributed by atoms with Gasteiger partial charge < -0.3 is 20.1 Å². The summed E-state index contributed by atoms with van der Waals surface area (Å²) in [6.45, 7) is 8.17. The zero-order valence-corrected chi connectivity index (χ0v) is 12.4. The molecule has 0 fully saturated rings. The van der Waals surface area contributed by atoms with Gasteiger partial charge in [-0.2, -0.15) is 0 Å². The van der Waals surface area contributed by atoms with Crippen LogP contribution < -0.4 is 10.6 Å². The van der Waals surface area contributed by atoms with Crippen molar-refractivity contribution in [3.63, 3.8) is 0 Å². The van der Waals surface area contributed by atoms with E-state index in [1.165, 1.54) is 0 Å². The summed E-state index contributed by atoms with van der Waals surface area (Å²) in [6, 6.07) is 7.69. The number of amidine groups is 1. The Labute approximate surface area is 121 Å². The van der Waals surface area contributed by atoms with Gasteiger partial charge in [-0.25, -0.2) is 0 Å². The molecule has 0 saturated carbocycles. The van der Waals surface area contributed by atoms with Crippen molar-refractivity contribution in [1.29, 1.82) is 5.41 Å². The summed E-state index contributed by atoms with van der Waals surface area (Å²) in [4.78, 5) is 2.15. The molecule has 5 nitrogen and oxygen atoms in total. The second-order valence-electron chi connectivity index (χ2n) is 4.31. The van der Waals surface area contributed by atoms with Crippen molar-refractivity contribution >= 4 is 11.5 Å². The molecule has 0 unspecified atom stereocenters. The average molecular weight is 279 g/mol. The van der Waals surface area contributed by atoms with Gasteiger partial charge >= 0.3 is 0 Å². The van der Waals surface area contributed by atoms with E-state index in [0.717, 1.165) is 24.3 Å². The lowest BCUT2D eigenvalue weighted by Gasteiger charge is -2.26. The quantitative estimate of drug-likeness (QED) is 0.389. The highest BCUT2D eigenvalue weighted by Gasteiger charge is 2.12. The zero-order valence-electron chi connectivity index (χ0n) is 12.4. The minimum absolute atomic E-state index is 0.0819. The summed E-state index contributed by atoms with van der Waals surface area (Å²) >= 11 is 0. The summed E-state index contributed by atoms with van der Waals surface area (Å²) in [5, 5.41) is 7.68. The SMILES string of the molecule is CCOCCN(CCOCC)c1ccccc1C(=N)N. The topological polar surface area (TPSA) is 71.6 Å². The van der Waals surface area contributed by atoms with E-state index in [2.05, 4.69) is 4.90 Å². The van der Waals surface area contributed by atoms with E-state index in [1.54, 1.807) is 0 Å². The van der Waals surface area contributed by atoms with Gasteiger partial charge in [0.05, 0.1) is 13.2 Å². The van der Waals surface area contributed by atoms with Crippen molar-refractivity contribution in [3.8, 4) is 0 Å². The first-order valence-electron chi connectivity index (χ1n) is 7.04. The predicted molar refractivity (Wildman–Crippen MR) is 82.7 cm³/mol. The van der Waals surface area contributed by atoms with Gasteiger partial charge in [0.15, 0.2) is 0 Å². The zero-order chi connectivity index (χ0) is 14.8. The molecule has 1 aromatic rings. The standard InChI is InChI=1S/C15H25N3O2/c1-3-19-11-9-18(10-12-20-4-2)14-8-6-5-7-13(14)15(16)17/h5-8H,3-4,9-12H2,1-2H3,(H3,16,17). The number of nitrogens with one attached hydrogen (secondary N) is 1. The summed E-state index contributed by atoms with van der Waals surface area (Å²) in [6.07, 6.45) is 0. The van der Waals surface area contributed by atoms with E-state index < -0.39 is 0 Å².